The summed E-state index contributed by atoms with van der Waals surface area (Å²) in [4.78, 5) is 23.3. The highest BCUT2D eigenvalue weighted by molar-refractivity contribution is 7.12. The molecule has 0 aliphatic heterocycles. The van der Waals surface area contributed by atoms with Crippen LogP contribution in [-0.4, -0.2) is 31.6 Å². The molecule has 0 spiro atoms. The molecule has 6 heteroatoms. The molecule has 0 aliphatic carbocycles. The summed E-state index contributed by atoms with van der Waals surface area (Å²) in [5.74, 6) is -0.747. The number of ether oxygens (including phenoxy) is 1. The number of methoxy groups -OCH3 is 1. The molecular formula is C13H20N2O3S. The van der Waals surface area contributed by atoms with Crippen LogP contribution >= 0.6 is 11.3 Å². The maximum atomic E-state index is 11.9. The SMILES string of the molecule is CO[C@@H](CNC(=O)c1cc(C(N)=O)cs1)C(C)(C)C. The molecule has 19 heavy (non-hydrogen) atoms. The van der Waals surface area contributed by atoms with Crippen LogP contribution in [0, 0.1) is 5.41 Å². The summed E-state index contributed by atoms with van der Waals surface area (Å²) in [6.07, 6.45) is -0.0768. The average molecular weight is 284 g/mol. The first-order chi connectivity index (χ1) is 8.75. The summed E-state index contributed by atoms with van der Waals surface area (Å²) < 4.78 is 5.36. The van der Waals surface area contributed by atoms with Crippen molar-refractivity contribution in [1.29, 1.82) is 0 Å². The summed E-state index contributed by atoms with van der Waals surface area (Å²) in [6, 6.07) is 1.50. The van der Waals surface area contributed by atoms with Crippen LogP contribution in [0.4, 0.5) is 0 Å². The monoisotopic (exact) mass is 284 g/mol. The Morgan fingerprint density at radius 1 is 1.47 bits per heavy atom. The highest BCUT2D eigenvalue weighted by Gasteiger charge is 2.25. The number of hydrogen-bond acceptors (Lipinski definition) is 4. The lowest BCUT2D eigenvalue weighted by molar-refractivity contribution is 0.0176. The van der Waals surface area contributed by atoms with Crippen molar-refractivity contribution in [2.45, 2.75) is 26.9 Å². The number of carbonyl (C=O) groups is 2. The van der Waals surface area contributed by atoms with Gasteiger partial charge >= 0.3 is 0 Å². The van der Waals surface area contributed by atoms with Crippen molar-refractivity contribution in [3.63, 3.8) is 0 Å². The third kappa shape index (κ3) is 4.33. The van der Waals surface area contributed by atoms with Crippen molar-refractivity contribution in [3.8, 4) is 0 Å². The van der Waals surface area contributed by atoms with Gasteiger partial charge in [-0.15, -0.1) is 11.3 Å². The standard InChI is InChI=1S/C13H20N2O3S/c1-13(2,3)10(18-4)6-15-12(17)9-5-8(7-19-9)11(14)16/h5,7,10H,6H2,1-4H3,(H2,14,16)(H,15,17)/t10-/m0/s1. The fourth-order valence-electron chi connectivity index (χ4n) is 1.60. The highest BCUT2D eigenvalue weighted by atomic mass is 32.1. The third-order valence-corrected chi connectivity index (χ3v) is 3.74. The summed E-state index contributed by atoms with van der Waals surface area (Å²) >= 11 is 1.20. The average Bonchev–Trinajstić information content (AvgIpc) is 2.77. The number of rotatable bonds is 5. The Kier molecular flexibility index (Phi) is 5.08. The zero-order valence-electron chi connectivity index (χ0n) is 11.6. The second kappa shape index (κ2) is 6.16. The minimum absolute atomic E-state index is 0.0597. The molecule has 1 aromatic rings. The highest BCUT2D eigenvalue weighted by Crippen LogP contribution is 2.21. The van der Waals surface area contributed by atoms with E-state index in [9.17, 15) is 9.59 Å². The molecule has 0 aromatic carbocycles. The number of amides is 2. The van der Waals surface area contributed by atoms with Gasteiger partial charge in [0.05, 0.1) is 16.5 Å². The molecular weight excluding hydrogens is 264 g/mol. The summed E-state index contributed by atoms with van der Waals surface area (Å²) in [6.45, 7) is 6.56. The van der Waals surface area contributed by atoms with E-state index in [-0.39, 0.29) is 17.4 Å². The number of primary amides is 1. The summed E-state index contributed by atoms with van der Waals surface area (Å²) in [7, 11) is 1.62. The molecule has 0 fully saturated rings. The van der Waals surface area contributed by atoms with E-state index in [0.717, 1.165) is 0 Å². The van der Waals surface area contributed by atoms with Crippen molar-refractivity contribution in [2.24, 2.45) is 11.1 Å². The van der Waals surface area contributed by atoms with Gasteiger partial charge in [0, 0.05) is 19.0 Å². The molecule has 0 saturated heterocycles. The predicted octanol–water partition coefficient (Wildman–Crippen LogP) is 1.64. The lowest BCUT2D eigenvalue weighted by atomic mass is 9.89. The molecule has 5 nitrogen and oxygen atoms in total. The van der Waals surface area contributed by atoms with Crippen molar-refractivity contribution in [2.75, 3.05) is 13.7 Å². The first-order valence-electron chi connectivity index (χ1n) is 5.95. The van der Waals surface area contributed by atoms with Gasteiger partial charge in [-0.3, -0.25) is 9.59 Å². The number of thiophene rings is 1. The van der Waals surface area contributed by atoms with E-state index in [1.807, 2.05) is 20.8 Å². The molecule has 3 N–H and O–H groups in total. The number of carbonyl (C=O) groups excluding carboxylic acids is 2. The lowest BCUT2D eigenvalue weighted by Crippen LogP contribution is -2.40. The Hall–Kier alpha value is -1.40. The van der Waals surface area contributed by atoms with Gasteiger partial charge in [0.1, 0.15) is 0 Å². The molecule has 0 aliphatic rings. The van der Waals surface area contributed by atoms with Crippen molar-refractivity contribution >= 4 is 23.2 Å². The first-order valence-corrected chi connectivity index (χ1v) is 6.83. The Bertz CT molecular complexity index is 463. The number of nitrogens with one attached hydrogen (secondary N) is 1. The van der Waals surface area contributed by atoms with Gasteiger partial charge in [-0.25, -0.2) is 0 Å². The second-order valence-electron chi connectivity index (χ2n) is 5.36. The van der Waals surface area contributed by atoms with Gasteiger partial charge < -0.3 is 15.8 Å². The fraction of sp³-hybridized carbons (Fsp3) is 0.538. The van der Waals surface area contributed by atoms with Crippen LogP contribution in [0.2, 0.25) is 0 Å². The zero-order valence-corrected chi connectivity index (χ0v) is 12.5. The van der Waals surface area contributed by atoms with Crippen molar-refractivity contribution < 1.29 is 14.3 Å². The molecule has 1 atom stereocenters. The quantitative estimate of drug-likeness (QED) is 0.862. The molecule has 0 radical (unpaired) electrons. The van der Waals surface area contributed by atoms with Crippen LogP contribution in [0.15, 0.2) is 11.4 Å². The third-order valence-electron chi connectivity index (χ3n) is 2.81. The Morgan fingerprint density at radius 2 is 2.11 bits per heavy atom. The van der Waals surface area contributed by atoms with Crippen LogP contribution in [0.5, 0.6) is 0 Å². The minimum Gasteiger partial charge on any atom is -0.379 e. The molecule has 0 saturated carbocycles. The topological polar surface area (TPSA) is 81.4 Å². The second-order valence-corrected chi connectivity index (χ2v) is 6.28. The zero-order chi connectivity index (χ0) is 14.6. The van der Waals surface area contributed by atoms with E-state index in [1.165, 1.54) is 17.4 Å². The summed E-state index contributed by atoms with van der Waals surface area (Å²) in [5.41, 5.74) is 5.44. The minimum atomic E-state index is -0.528. The van der Waals surface area contributed by atoms with Gasteiger partial charge in [-0.05, 0) is 11.5 Å². The van der Waals surface area contributed by atoms with E-state index in [0.29, 0.717) is 17.0 Å². The summed E-state index contributed by atoms with van der Waals surface area (Å²) in [5, 5.41) is 4.38. The molecule has 0 unspecified atom stereocenters. The molecule has 1 heterocycles. The largest absolute Gasteiger partial charge is 0.379 e. The van der Waals surface area contributed by atoms with Crippen molar-refractivity contribution in [3.05, 3.63) is 21.9 Å². The Labute approximate surface area is 117 Å². The van der Waals surface area contributed by atoms with E-state index in [2.05, 4.69) is 5.32 Å². The van der Waals surface area contributed by atoms with Crippen LogP contribution < -0.4 is 11.1 Å². The number of nitrogens with two attached hydrogens (primary N) is 1. The molecule has 1 rings (SSSR count). The van der Waals surface area contributed by atoms with Crippen LogP contribution in [-0.2, 0) is 4.74 Å². The lowest BCUT2D eigenvalue weighted by Gasteiger charge is -2.29. The predicted molar refractivity (Wildman–Crippen MR) is 75.4 cm³/mol. The normalized spacial score (nSPS) is 13.1. The van der Waals surface area contributed by atoms with Crippen LogP contribution in [0.3, 0.4) is 0 Å². The smallest absolute Gasteiger partial charge is 0.261 e. The van der Waals surface area contributed by atoms with E-state index in [1.54, 1.807) is 12.5 Å². The van der Waals surface area contributed by atoms with E-state index < -0.39 is 5.91 Å². The molecule has 1 aromatic heterocycles. The van der Waals surface area contributed by atoms with Crippen LogP contribution in [0.1, 0.15) is 40.8 Å². The Morgan fingerprint density at radius 3 is 2.53 bits per heavy atom. The molecule has 0 bridgehead atoms. The molecule has 2 amide bonds. The van der Waals surface area contributed by atoms with E-state index in [4.69, 9.17) is 10.5 Å². The maximum absolute atomic E-state index is 11.9. The molecule has 106 valence electrons. The van der Waals surface area contributed by atoms with Gasteiger partial charge in [0.25, 0.3) is 5.91 Å². The van der Waals surface area contributed by atoms with Gasteiger partial charge in [0.2, 0.25) is 5.91 Å². The fourth-order valence-corrected chi connectivity index (χ4v) is 2.41. The Balaban J connectivity index is 2.62. The van der Waals surface area contributed by atoms with Crippen LogP contribution in [0.25, 0.3) is 0 Å². The van der Waals surface area contributed by atoms with Crippen molar-refractivity contribution in [1.82, 2.24) is 5.32 Å². The van der Waals surface area contributed by atoms with Gasteiger partial charge in [-0.1, -0.05) is 20.8 Å². The van der Waals surface area contributed by atoms with E-state index >= 15 is 0 Å². The van der Waals surface area contributed by atoms with Gasteiger partial charge in [-0.2, -0.15) is 0 Å². The van der Waals surface area contributed by atoms with Gasteiger partial charge in [0.15, 0.2) is 0 Å². The first kappa shape index (κ1) is 15.7. The number of hydrogen-bond donors (Lipinski definition) is 2. The maximum Gasteiger partial charge on any atom is 0.261 e.